The first-order valence-corrected chi connectivity index (χ1v) is 10.5. The van der Waals surface area contributed by atoms with Gasteiger partial charge in [-0.2, -0.15) is 0 Å². The lowest BCUT2D eigenvalue weighted by Gasteiger charge is -2.38. The zero-order valence-electron chi connectivity index (χ0n) is 16.2. The van der Waals surface area contributed by atoms with Crippen molar-refractivity contribution in [1.29, 1.82) is 0 Å². The minimum absolute atomic E-state index is 0.173. The summed E-state index contributed by atoms with van der Waals surface area (Å²) < 4.78 is 12.5. The van der Waals surface area contributed by atoms with E-state index in [9.17, 15) is 0 Å². The first kappa shape index (κ1) is 17.1. The van der Waals surface area contributed by atoms with Crippen LogP contribution in [0.3, 0.4) is 0 Å². The van der Waals surface area contributed by atoms with E-state index in [2.05, 4.69) is 54.3 Å². The first-order chi connectivity index (χ1) is 13.3. The second kappa shape index (κ2) is 6.87. The highest BCUT2D eigenvalue weighted by molar-refractivity contribution is 5.49. The van der Waals surface area contributed by atoms with Crippen molar-refractivity contribution in [3.05, 3.63) is 59.2 Å². The number of piperidine rings is 1. The molecule has 0 unspecified atom stereocenters. The van der Waals surface area contributed by atoms with Crippen molar-refractivity contribution in [3.63, 3.8) is 0 Å². The molecule has 1 fully saturated rings. The van der Waals surface area contributed by atoms with E-state index in [1.165, 1.54) is 55.6 Å². The summed E-state index contributed by atoms with van der Waals surface area (Å²) in [5, 5.41) is 0. The van der Waals surface area contributed by atoms with Gasteiger partial charge >= 0.3 is 0 Å². The van der Waals surface area contributed by atoms with Crippen molar-refractivity contribution in [2.75, 3.05) is 26.2 Å². The molecule has 0 amide bonds. The number of fused-ring (bicyclic) bond motifs is 3. The summed E-state index contributed by atoms with van der Waals surface area (Å²) in [6.45, 7) is 6.70. The lowest BCUT2D eigenvalue weighted by atomic mass is 9.74. The molecule has 3 heteroatoms. The average Bonchev–Trinajstić information content (AvgIpc) is 3.26. The monoisotopic (exact) mass is 363 g/mol. The molecular weight excluding hydrogens is 334 g/mol. The molecule has 1 saturated heterocycles. The highest BCUT2D eigenvalue weighted by Crippen LogP contribution is 2.47. The maximum atomic E-state index is 6.36. The average molecular weight is 364 g/mol. The van der Waals surface area contributed by atoms with Crippen LogP contribution in [-0.4, -0.2) is 31.1 Å². The van der Waals surface area contributed by atoms with Gasteiger partial charge < -0.3 is 14.4 Å². The van der Waals surface area contributed by atoms with Crippen LogP contribution in [0.2, 0.25) is 0 Å². The van der Waals surface area contributed by atoms with Gasteiger partial charge in [0.15, 0.2) is 0 Å². The van der Waals surface area contributed by atoms with Gasteiger partial charge in [-0.1, -0.05) is 37.3 Å². The Bertz CT molecular complexity index is 823. The Balaban J connectivity index is 1.32. The predicted octanol–water partition coefficient (Wildman–Crippen LogP) is 4.89. The SMILES string of the molecule is CCCN1CCC2(CC1)COc1cc(O[C@H]3CCc4ccccc43)ccc12. The second-order valence-electron chi connectivity index (χ2n) is 8.41. The molecule has 142 valence electrons. The molecular formula is C24H29NO2. The zero-order chi connectivity index (χ0) is 18.3. The number of aryl methyl sites for hydroxylation is 1. The summed E-state index contributed by atoms with van der Waals surface area (Å²) in [7, 11) is 0. The van der Waals surface area contributed by atoms with Crippen LogP contribution < -0.4 is 9.47 Å². The third-order valence-corrected chi connectivity index (χ3v) is 6.74. The molecule has 2 heterocycles. The summed E-state index contributed by atoms with van der Waals surface area (Å²) >= 11 is 0. The van der Waals surface area contributed by atoms with E-state index in [0.29, 0.717) is 0 Å². The van der Waals surface area contributed by atoms with E-state index in [0.717, 1.165) is 30.9 Å². The van der Waals surface area contributed by atoms with Crippen LogP contribution in [0.15, 0.2) is 42.5 Å². The maximum absolute atomic E-state index is 6.36. The fraction of sp³-hybridized carbons (Fsp3) is 0.500. The number of hydrogen-bond donors (Lipinski definition) is 0. The topological polar surface area (TPSA) is 21.7 Å². The third-order valence-electron chi connectivity index (χ3n) is 6.74. The van der Waals surface area contributed by atoms with Gasteiger partial charge in [0.2, 0.25) is 0 Å². The van der Waals surface area contributed by atoms with Crippen molar-refractivity contribution < 1.29 is 9.47 Å². The molecule has 2 aromatic carbocycles. The van der Waals surface area contributed by atoms with E-state index < -0.39 is 0 Å². The molecule has 2 aliphatic heterocycles. The van der Waals surface area contributed by atoms with Gasteiger partial charge in [0.1, 0.15) is 17.6 Å². The number of nitrogens with zero attached hydrogens (tertiary/aromatic N) is 1. The number of ether oxygens (including phenoxy) is 2. The summed E-state index contributed by atoms with van der Waals surface area (Å²) in [6, 6.07) is 15.2. The number of likely N-dealkylation sites (tertiary alicyclic amines) is 1. The minimum Gasteiger partial charge on any atom is -0.492 e. The fourth-order valence-electron chi connectivity index (χ4n) is 5.17. The molecule has 3 nitrogen and oxygen atoms in total. The van der Waals surface area contributed by atoms with Gasteiger partial charge in [0.25, 0.3) is 0 Å². The number of hydrogen-bond acceptors (Lipinski definition) is 3. The quantitative estimate of drug-likeness (QED) is 0.772. The van der Waals surface area contributed by atoms with Crippen LogP contribution in [0.4, 0.5) is 0 Å². The van der Waals surface area contributed by atoms with Crippen molar-refractivity contribution >= 4 is 0 Å². The Morgan fingerprint density at radius 2 is 2.00 bits per heavy atom. The van der Waals surface area contributed by atoms with Gasteiger partial charge in [-0.25, -0.2) is 0 Å². The Kier molecular flexibility index (Phi) is 4.35. The number of rotatable bonds is 4. The number of benzene rings is 2. The molecule has 1 aliphatic carbocycles. The van der Waals surface area contributed by atoms with Crippen LogP contribution in [0.1, 0.15) is 55.4 Å². The van der Waals surface area contributed by atoms with E-state index >= 15 is 0 Å². The van der Waals surface area contributed by atoms with Gasteiger partial charge in [-0.05, 0) is 68.9 Å². The van der Waals surface area contributed by atoms with Gasteiger partial charge in [0, 0.05) is 17.0 Å². The predicted molar refractivity (Wildman–Crippen MR) is 108 cm³/mol. The molecule has 1 spiro atoms. The maximum Gasteiger partial charge on any atom is 0.126 e. The fourth-order valence-corrected chi connectivity index (χ4v) is 5.17. The Labute approximate surface area is 162 Å². The standard InChI is InChI=1S/C24H29NO2/c1-2-13-25-14-11-24(12-15-25)17-26-23-16-19(8-9-21(23)24)27-22-10-7-18-5-3-4-6-20(18)22/h3-6,8-9,16,22H,2,7,10-15,17H2,1H3/t22-/m0/s1. The summed E-state index contributed by atoms with van der Waals surface area (Å²) in [5.74, 6) is 1.98. The molecule has 27 heavy (non-hydrogen) atoms. The molecule has 0 bridgehead atoms. The lowest BCUT2D eigenvalue weighted by Crippen LogP contribution is -2.43. The first-order valence-electron chi connectivity index (χ1n) is 10.5. The van der Waals surface area contributed by atoms with Gasteiger partial charge in [-0.3, -0.25) is 0 Å². The lowest BCUT2D eigenvalue weighted by molar-refractivity contribution is 0.135. The molecule has 0 N–H and O–H groups in total. The van der Waals surface area contributed by atoms with Gasteiger partial charge in [-0.15, -0.1) is 0 Å². The molecule has 3 aliphatic rings. The Morgan fingerprint density at radius 3 is 2.85 bits per heavy atom. The highest BCUT2D eigenvalue weighted by atomic mass is 16.5. The summed E-state index contributed by atoms with van der Waals surface area (Å²) in [6.07, 6.45) is 6.00. The van der Waals surface area contributed by atoms with Crippen molar-refractivity contribution in [1.82, 2.24) is 4.90 Å². The third kappa shape index (κ3) is 3.02. The van der Waals surface area contributed by atoms with Gasteiger partial charge in [0.05, 0.1) is 6.61 Å². The van der Waals surface area contributed by atoms with Crippen LogP contribution in [0.5, 0.6) is 11.5 Å². The molecule has 5 rings (SSSR count). The summed E-state index contributed by atoms with van der Waals surface area (Å²) in [4.78, 5) is 2.60. The summed E-state index contributed by atoms with van der Waals surface area (Å²) in [5.41, 5.74) is 4.40. The van der Waals surface area contributed by atoms with Crippen molar-refractivity contribution in [3.8, 4) is 11.5 Å². The van der Waals surface area contributed by atoms with Crippen molar-refractivity contribution in [2.24, 2.45) is 0 Å². The van der Waals surface area contributed by atoms with Crippen LogP contribution in [0.25, 0.3) is 0 Å². The second-order valence-corrected chi connectivity index (χ2v) is 8.41. The molecule has 1 atom stereocenters. The molecule has 0 saturated carbocycles. The largest absolute Gasteiger partial charge is 0.492 e. The Morgan fingerprint density at radius 1 is 1.15 bits per heavy atom. The van der Waals surface area contributed by atoms with Crippen molar-refractivity contribution in [2.45, 2.75) is 50.5 Å². The van der Waals surface area contributed by atoms with Crippen LogP contribution in [0, 0.1) is 0 Å². The Hall–Kier alpha value is -2.00. The minimum atomic E-state index is 0.173. The van der Waals surface area contributed by atoms with E-state index in [1.807, 2.05) is 0 Å². The molecule has 0 radical (unpaired) electrons. The van der Waals surface area contributed by atoms with Crippen LogP contribution >= 0.6 is 0 Å². The molecule has 2 aromatic rings. The van der Waals surface area contributed by atoms with E-state index in [4.69, 9.17) is 9.47 Å². The zero-order valence-corrected chi connectivity index (χ0v) is 16.2. The van der Waals surface area contributed by atoms with E-state index in [1.54, 1.807) is 0 Å². The smallest absolute Gasteiger partial charge is 0.126 e. The van der Waals surface area contributed by atoms with Crippen LogP contribution in [-0.2, 0) is 11.8 Å². The normalized spacial score (nSPS) is 23.1. The molecule has 0 aromatic heterocycles. The highest BCUT2D eigenvalue weighted by Gasteiger charge is 2.43. The van der Waals surface area contributed by atoms with E-state index in [-0.39, 0.29) is 11.5 Å².